The lowest BCUT2D eigenvalue weighted by Gasteiger charge is -2.21. The van der Waals surface area contributed by atoms with Crippen LogP contribution in [0, 0.1) is 6.92 Å². The van der Waals surface area contributed by atoms with Crippen LogP contribution in [0.5, 0.6) is 5.75 Å². The molecule has 0 radical (unpaired) electrons. The maximum Gasteiger partial charge on any atom is 0.251 e. The van der Waals surface area contributed by atoms with Crippen LogP contribution in [0.25, 0.3) is 17.0 Å². The number of hydrogen-bond donors (Lipinski definition) is 2. The number of aromatic nitrogens is 1. The van der Waals surface area contributed by atoms with Crippen LogP contribution in [0.2, 0.25) is 10.0 Å². The zero-order chi connectivity index (χ0) is 29.5. The van der Waals surface area contributed by atoms with Gasteiger partial charge in [0.05, 0.1) is 17.3 Å². The Hall–Kier alpha value is -4.40. The first-order valence-electron chi connectivity index (χ1n) is 12.7. The van der Waals surface area contributed by atoms with E-state index in [1.54, 1.807) is 56.6 Å². The first-order valence-corrected chi connectivity index (χ1v) is 13.4. The van der Waals surface area contributed by atoms with Crippen molar-refractivity contribution in [2.45, 2.75) is 13.5 Å². The number of ether oxygens (including phenoxy) is 1. The van der Waals surface area contributed by atoms with Gasteiger partial charge in [0.2, 0.25) is 11.8 Å². The molecule has 0 bridgehead atoms. The van der Waals surface area contributed by atoms with Gasteiger partial charge in [-0.05, 0) is 55.0 Å². The molecule has 2 N–H and O–H groups in total. The highest BCUT2D eigenvalue weighted by Gasteiger charge is 2.20. The van der Waals surface area contributed by atoms with Gasteiger partial charge in [-0.25, -0.2) is 4.98 Å². The molecule has 3 amide bonds. The summed E-state index contributed by atoms with van der Waals surface area (Å²) in [4.78, 5) is 42.8. The van der Waals surface area contributed by atoms with Gasteiger partial charge >= 0.3 is 0 Å². The number of carbonyl (C=O) groups is 3. The molecule has 1 heterocycles. The second-order valence-corrected chi connectivity index (χ2v) is 9.92. The molecule has 10 heteroatoms. The Morgan fingerprint density at radius 3 is 2.49 bits per heavy atom. The fraction of sp³-hybridized carbons (Fsp3) is 0.161. The van der Waals surface area contributed by atoms with Gasteiger partial charge in [0, 0.05) is 47.4 Å². The van der Waals surface area contributed by atoms with E-state index in [0.29, 0.717) is 27.6 Å². The smallest absolute Gasteiger partial charge is 0.251 e. The summed E-state index contributed by atoms with van der Waals surface area (Å²) in [5.74, 6) is -0.435. The maximum atomic E-state index is 13.0. The topological polar surface area (TPSA) is 101 Å². The van der Waals surface area contributed by atoms with Crippen LogP contribution in [0.4, 0.5) is 5.69 Å². The van der Waals surface area contributed by atoms with Gasteiger partial charge in [-0.3, -0.25) is 14.4 Å². The van der Waals surface area contributed by atoms with Gasteiger partial charge in [0.25, 0.3) is 5.91 Å². The number of aryl methyl sites for hydroxylation is 1. The molecule has 0 aliphatic carbocycles. The average molecular weight is 591 g/mol. The SMILES string of the molecule is CNC(=O)C=Cc1ccc(C(=O)NCC(=O)N(C)c2ccc(Cl)c(COc3cccc4ccc(C)nc34)c2Cl)cc1. The number of para-hydroxylation sites is 1. The van der Waals surface area contributed by atoms with Crippen molar-refractivity contribution in [3.63, 3.8) is 0 Å². The lowest BCUT2D eigenvalue weighted by atomic mass is 10.1. The van der Waals surface area contributed by atoms with Gasteiger partial charge in [0.15, 0.2) is 0 Å². The predicted molar refractivity (Wildman–Crippen MR) is 163 cm³/mol. The van der Waals surface area contributed by atoms with E-state index in [2.05, 4.69) is 15.6 Å². The molecule has 4 rings (SSSR count). The molecule has 0 atom stereocenters. The highest BCUT2D eigenvalue weighted by molar-refractivity contribution is 6.38. The van der Waals surface area contributed by atoms with Crippen molar-refractivity contribution in [3.8, 4) is 5.75 Å². The summed E-state index contributed by atoms with van der Waals surface area (Å²) < 4.78 is 6.07. The number of nitrogens with zero attached hydrogens (tertiary/aromatic N) is 2. The second kappa shape index (κ2) is 13.3. The van der Waals surface area contributed by atoms with Gasteiger partial charge in [0.1, 0.15) is 17.9 Å². The van der Waals surface area contributed by atoms with Crippen molar-refractivity contribution in [2.75, 3.05) is 25.5 Å². The third-order valence-corrected chi connectivity index (χ3v) is 7.12. The number of halogens is 2. The van der Waals surface area contributed by atoms with Gasteiger partial charge in [-0.1, -0.05) is 53.5 Å². The monoisotopic (exact) mass is 590 g/mol. The molecule has 8 nitrogen and oxygen atoms in total. The standard InChI is InChI=1S/C31H28Cl2N4O4/c1-19-7-11-21-5-4-6-26(30(21)36-19)41-18-23-24(32)14-15-25(29(23)33)37(3)28(39)17-35-31(40)22-12-8-20(9-13-22)10-16-27(38)34-2/h4-16H,17-18H2,1-3H3,(H,34,38)(H,35,40). The second-order valence-electron chi connectivity index (χ2n) is 9.13. The summed E-state index contributed by atoms with van der Waals surface area (Å²) in [6, 6.07) is 19.5. The normalized spacial score (nSPS) is 11.0. The number of anilines is 1. The maximum absolute atomic E-state index is 13.0. The Balaban J connectivity index is 1.41. The van der Waals surface area contributed by atoms with Crippen LogP contribution in [-0.2, 0) is 16.2 Å². The third kappa shape index (κ3) is 7.22. The molecule has 0 fully saturated rings. The van der Waals surface area contributed by atoms with E-state index in [1.807, 2.05) is 37.3 Å². The lowest BCUT2D eigenvalue weighted by Crippen LogP contribution is -2.38. The molecular formula is C31H28Cl2N4O4. The fourth-order valence-corrected chi connectivity index (χ4v) is 4.58. The minimum absolute atomic E-state index is 0.0628. The quantitative estimate of drug-likeness (QED) is 0.248. The third-order valence-electron chi connectivity index (χ3n) is 6.34. The summed E-state index contributed by atoms with van der Waals surface area (Å²) in [5.41, 5.74) is 3.67. The highest BCUT2D eigenvalue weighted by Crippen LogP contribution is 2.35. The Bertz CT molecular complexity index is 1640. The number of likely N-dealkylation sites (N-methyl/N-ethyl adjacent to an activating group) is 2. The molecule has 0 saturated carbocycles. The number of rotatable bonds is 9. The number of hydrogen-bond acceptors (Lipinski definition) is 5. The summed E-state index contributed by atoms with van der Waals surface area (Å²) in [5, 5.41) is 6.73. The summed E-state index contributed by atoms with van der Waals surface area (Å²) >= 11 is 13.2. The minimum Gasteiger partial charge on any atom is -0.487 e. The van der Waals surface area contributed by atoms with Crippen molar-refractivity contribution in [3.05, 3.63) is 105 Å². The molecule has 0 unspecified atom stereocenters. The summed E-state index contributed by atoms with van der Waals surface area (Å²) in [6.07, 6.45) is 3.03. The zero-order valence-electron chi connectivity index (χ0n) is 22.7. The van der Waals surface area contributed by atoms with E-state index >= 15 is 0 Å². The number of benzene rings is 3. The first kappa shape index (κ1) is 29.6. The van der Waals surface area contributed by atoms with Crippen LogP contribution in [0.1, 0.15) is 27.2 Å². The molecule has 41 heavy (non-hydrogen) atoms. The Morgan fingerprint density at radius 2 is 1.76 bits per heavy atom. The molecule has 0 spiro atoms. The molecule has 3 aromatic carbocycles. The van der Waals surface area contributed by atoms with E-state index in [-0.39, 0.29) is 30.0 Å². The lowest BCUT2D eigenvalue weighted by molar-refractivity contribution is -0.117. The van der Waals surface area contributed by atoms with Crippen LogP contribution in [0.3, 0.4) is 0 Å². The Morgan fingerprint density at radius 1 is 1.00 bits per heavy atom. The van der Waals surface area contributed by atoms with Crippen molar-refractivity contribution in [2.24, 2.45) is 0 Å². The van der Waals surface area contributed by atoms with Crippen molar-refractivity contribution in [1.82, 2.24) is 15.6 Å². The van der Waals surface area contributed by atoms with Crippen molar-refractivity contribution >= 4 is 63.6 Å². The molecule has 0 aliphatic heterocycles. The Kier molecular flexibility index (Phi) is 9.60. The fourth-order valence-electron chi connectivity index (χ4n) is 3.97. The van der Waals surface area contributed by atoms with Crippen LogP contribution >= 0.6 is 23.2 Å². The zero-order valence-corrected chi connectivity index (χ0v) is 24.2. The molecule has 4 aromatic rings. The Labute approximate surface area is 247 Å². The van der Waals surface area contributed by atoms with E-state index in [4.69, 9.17) is 27.9 Å². The average Bonchev–Trinajstić information content (AvgIpc) is 2.98. The van der Waals surface area contributed by atoms with Crippen molar-refractivity contribution in [1.29, 1.82) is 0 Å². The summed E-state index contributed by atoms with van der Waals surface area (Å²) in [6.45, 7) is 1.72. The first-order chi connectivity index (χ1) is 19.7. The van der Waals surface area contributed by atoms with Crippen LogP contribution in [0.15, 0.2) is 72.8 Å². The van der Waals surface area contributed by atoms with E-state index in [9.17, 15) is 14.4 Å². The predicted octanol–water partition coefficient (Wildman–Crippen LogP) is 5.58. The van der Waals surface area contributed by atoms with E-state index in [1.165, 1.54) is 11.0 Å². The molecule has 210 valence electrons. The number of pyridine rings is 1. The largest absolute Gasteiger partial charge is 0.487 e. The minimum atomic E-state index is -0.413. The van der Waals surface area contributed by atoms with Crippen molar-refractivity contribution < 1.29 is 19.1 Å². The van der Waals surface area contributed by atoms with E-state index in [0.717, 1.165) is 22.2 Å². The molecule has 1 aromatic heterocycles. The number of amides is 3. The number of nitrogens with one attached hydrogen (secondary N) is 2. The van der Waals surface area contributed by atoms with Gasteiger partial charge < -0.3 is 20.3 Å². The molecular weight excluding hydrogens is 563 g/mol. The van der Waals surface area contributed by atoms with Gasteiger partial charge in [-0.15, -0.1) is 0 Å². The molecule has 0 aliphatic rings. The number of carbonyl (C=O) groups excluding carboxylic acids is 3. The number of fused-ring (bicyclic) bond motifs is 1. The summed E-state index contributed by atoms with van der Waals surface area (Å²) in [7, 11) is 3.11. The van der Waals surface area contributed by atoms with Crippen LogP contribution in [-0.4, -0.2) is 43.3 Å². The van der Waals surface area contributed by atoms with Gasteiger partial charge in [-0.2, -0.15) is 0 Å². The molecule has 0 saturated heterocycles. The van der Waals surface area contributed by atoms with E-state index < -0.39 is 5.91 Å². The van der Waals surface area contributed by atoms with Crippen LogP contribution < -0.4 is 20.3 Å². The highest BCUT2D eigenvalue weighted by atomic mass is 35.5.